The lowest BCUT2D eigenvalue weighted by Gasteiger charge is -2.41. The molecule has 4 rings (SSSR count). The van der Waals surface area contributed by atoms with Crippen molar-refractivity contribution >= 4 is 5.91 Å². The Hall–Kier alpha value is -1.49. The lowest BCUT2D eigenvalue weighted by Crippen LogP contribution is -2.48. The number of nitrogens with zero attached hydrogens (tertiary/aromatic N) is 2. The molecule has 154 valence electrons. The second-order valence-corrected chi connectivity index (χ2v) is 9.10. The van der Waals surface area contributed by atoms with Crippen LogP contribution in [-0.4, -0.2) is 40.9 Å². The summed E-state index contributed by atoms with van der Waals surface area (Å²) in [4.78, 5) is 17.2. The Balaban J connectivity index is 1.42. The second kappa shape index (κ2) is 8.48. The minimum Gasteiger partial charge on any atom is -0.337 e. The van der Waals surface area contributed by atoms with E-state index in [0.717, 1.165) is 45.3 Å². The average Bonchev–Trinajstić information content (AvgIpc) is 2.87. The molecule has 1 aromatic carbocycles. The van der Waals surface area contributed by atoms with Gasteiger partial charge in [0.15, 0.2) is 0 Å². The predicted molar refractivity (Wildman–Crippen MR) is 106 cm³/mol. The first-order chi connectivity index (χ1) is 13.6. The molecule has 0 N–H and O–H groups in total. The highest BCUT2D eigenvalue weighted by Crippen LogP contribution is 2.41. The zero-order chi connectivity index (χ0) is 19.6. The number of benzene rings is 1. The molecule has 0 radical (unpaired) electrons. The SMILES string of the molecule is O=C1CC[C@@]2(CCCN(Cc3cc(F)ccc3F)CC2)N1CC1CCCCC1. The minimum absolute atomic E-state index is 0.0102. The molecule has 28 heavy (non-hydrogen) atoms. The molecule has 1 spiro atoms. The summed E-state index contributed by atoms with van der Waals surface area (Å²) < 4.78 is 27.6. The van der Waals surface area contributed by atoms with Crippen LogP contribution in [0, 0.1) is 17.6 Å². The van der Waals surface area contributed by atoms with Gasteiger partial charge >= 0.3 is 0 Å². The van der Waals surface area contributed by atoms with Crippen LogP contribution in [0.4, 0.5) is 8.78 Å². The van der Waals surface area contributed by atoms with Gasteiger partial charge in [0, 0.05) is 37.2 Å². The van der Waals surface area contributed by atoms with Gasteiger partial charge < -0.3 is 4.90 Å². The summed E-state index contributed by atoms with van der Waals surface area (Å²) in [5.41, 5.74) is 0.418. The Kier molecular flexibility index (Phi) is 6.00. The van der Waals surface area contributed by atoms with E-state index >= 15 is 0 Å². The van der Waals surface area contributed by atoms with Gasteiger partial charge in [0.05, 0.1) is 0 Å². The van der Waals surface area contributed by atoms with E-state index in [1.165, 1.54) is 50.3 Å². The molecule has 2 heterocycles. The van der Waals surface area contributed by atoms with Crippen LogP contribution in [0.5, 0.6) is 0 Å². The van der Waals surface area contributed by atoms with Gasteiger partial charge in [-0.25, -0.2) is 8.78 Å². The summed E-state index contributed by atoms with van der Waals surface area (Å²) in [6.45, 7) is 3.08. The summed E-state index contributed by atoms with van der Waals surface area (Å²) in [6, 6.07) is 3.69. The van der Waals surface area contributed by atoms with E-state index in [9.17, 15) is 13.6 Å². The lowest BCUT2D eigenvalue weighted by atomic mass is 9.84. The Labute approximate surface area is 167 Å². The Bertz CT molecular complexity index is 704. The minimum atomic E-state index is -0.386. The number of hydrogen-bond donors (Lipinski definition) is 0. The fraction of sp³-hybridized carbons (Fsp3) is 0.696. The Morgan fingerprint density at radius 1 is 1.00 bits per heavy atom. The van der Waals surface area contributed by atoms with Crippen molar-refractivity contribution in [3.05, 3.63) is 35.4 Å². The number of likely N-dealkylation sites (tertiary alicyclic amines) is 2. The molecule has 0 unspecified atom stereocenters. The molecule has 1 amide bonds. The van der Waals surface area contributed by atoms with Crippen molar-refractivity contribution in [3.63, 3.8) is 0 Å². The maximum Gasteiger partial charge on any atom is 0.223 e. The van der Waals surface area contributed by atoms with Crippen LogP contribution in [0.25, 0.3) is 0 Å². The fourth-order valence-electron chi connectivity index (χ4n) is 5.62. The van der Waals surface area contributed by atoms with Crippen LogP contribution in [-0.2, 0) is 11.3 Å². The van der Waals surface area contributed by atoms with Gasteiger partial charge in [0.2, 0.25) is 5.91 Å². The van der Waals surface area contributed by atoms with Crippen LogP contribution in [0.2, 0.25) is 0 Å². The van der Waals surface area contributed by atoms with Gasteiger partial charge in [-0.2, -0.15) is 0 Å². The van der Waals surface area contributed by atoms with Crippen LogP contribution >= 0.6 is 0 Å². The number of hydrogen-bond acceptors (Lipinski definition) is 2. The summed E-state index contributed by atoms with van der Waals surface area (Å²) in [5.74, 6) is 0.265. The smallest absolute Gasteiger partial charge is 0.223 e. The van der Waals surface area contributed by atoms with E-state index in [-0.39, 0.29) is 17.2 Å². The van der Waals surface area contributed by atoms with E-state index in [1.807, 2.05) is 0 Å². The third kappa shape index (κ3) is 4.24. The molecular weight excluding hydrogens is 358 g/mol. The molecule has 2 aliphatic heterocycles. The highest BCUT2D eigenvalue weighted by Gasteiger charge is 2.46. The maximum absolute atomic E-state index is 14.0. The van der Waals surface area contributed by atoms with Crippen molar-refractivity contribution in [1.82, 2.24) is 9.80 Å². The monoisotopic (exact) mass is 390 g/mol. The van der Waals surface area contributed by atoms with Crippen molar-refractivity contribution in [2.45, 2.75) is 76.3 Å². The van der Waals surface area contributed by atoms with Crippen molar-refractivity contribution < 1.29 is 13.6 Å². The van der Waals surface area contributed by atoms with Gasteiger partial charge in [-0.1, -0.05) is 19.3 Å². The van der Waals surface area contributed by atoms with E-state index in [1.54, 1.807) is 0 Å². The number of rotatable bonds is 4. The normalized spacial score (nSPS) is 27.5. The molecule has 1 aromatic rings. The largest absolute Gasteiger partial charge is 0.337 e. The highest BCUT2D eigenvalue weighted by atomic mass is 19.1. The molecule has 1 saturated carbocycles. The number of carbonyl (C=O) groups is 1. The predicted octanol–water partition coefficient (Wildman–Crippen LogP) is 4.89. The number of carbonyl (C=O) groups excluding carboxylic acids is 1. The first-order valence-corrected chi connectivity index (χ1v) is 11.0. The molecule has 3 nitrogen and oxygen atoms in total. The third-order valence-electron chi connectivity index (χ3n) is 7.25. The number of halogens is 2. The Morgan fingerprint density at radius 2 is 1.82 bits per heavy atom. The van der Waals surface area contributed by atoms with Gasteiger partial charge in [-0.05, 0) is 69.2 Å². The first kappa shape index (κ1) is 19.8. The van der Waals surface area contributed by atoms with E-state index in [2.05, 4.69) is 9.80 Å². The first-order valence-electron chi connectivity index (χ1n) is 11.0. The van der Waals surface area contributed by atoms with E-state index < -0.39 is 0 Å². The van der Waals surface area contributed by atoms with E-state index in [0.29, 0.717) is 30.4 Å². The van der Waals surface area contributed by atoms with Crippen molar-refractivity contribution in [3.8, 4) is 0 Å². The summed E-state index contributed by atoms with van der Waals surface area (Å²) in [6.07, 6.45) is 11.1. The van der Waals surface area contributed by atoms with Crippen LogP contribution in [0.1, 0.15) is 69.8 Å². The van der Waals surface area contributed by atoms with Crippen LogP contribution < -0.4 is 0 Å². The summed E-state index contributed by atoms with van der Waals surface area (Å²) in [5, 5.41) is 0. The van der Waals surface area contributed by atoms with Crippen LogP contribution in [0.15, 0.2) is 18.2 Å². The Morgan fingerprint density at radius 3 is 2.64 bits per heavy atom. The topological polar surface area (TPSA) is 23.6 Å². The summed E-state index contributed by atoms with van der Waals surface area (Å²) >= 11 is 0. The third-order valence-corrected chi connectivity index (χ3v) is 7.25. The van der Waals surface area contributed by atoms with Gasteiger partial charge in [0.1, 0.15) is 11.6 Å². The maximum atomic E-state index is 14.0. The molecule has 5 heteroatoms. The zero-order valence-corrected chi connectivity index (χ0v) is 16.8. The fourth-order valence-corrected chi connectivity index (χ4v) is 5.62. The molecule has 0 aromatic heterocycles. The molecule has 2 saturated heterocycles. The van der Waals surface area contributed by atoms with Gasteiger partial charge in [-0.3, -0.25) is 9.69 Å². The molecular formula is C23H32F2N2O. The lowest BCUT2D eigenvalue weighted by molar-refractivity contribution is -0.132. The standard InChI is InChI=1S/C23H32F2N2O/c24-20-7-8-21(25)19(15-20)17-26-13-4-10-23(12-14-26)11-9-22(28)27(23)16-18-5-2-1-3-6-18/h7-8,15,18H,1-6,9-14,16-17H2/t23-/m1/s1. The molecule has 3 fully saturated rings. The second-order valence-electron chi connectivity index (χ2n) is 9.10. The molecule has 3 aliphatic rings. The van der Waals surface area contributed by atoms with Crippen molar-refractivity contribution in [2.75, 3.05) is 19.6 Å². The van der Waals surface area contributed by atoms with Crippen molar-refractivity contribution in [1.29, 1.82) is 0 Å². The molecule has 0 bridgehead atoms. The number of amides is 1. The average molecular weight is 391 g/mol. The molecule has 1 atom stereocenters. The van der Waals surface area contributed by atoms with Crippen molar-refractivity contribution in [2.24, 2.45) is 5.92 Å². The highest BCUT2D eigenvalue weighted by molar-refractivity contribution is 5.79. The van der Waals surface area contributed by atoms with Gasteiger partial charge in [0.25, 0.3) is 0 Å². The summed E-state index contributed by atoms with van der Waals surface area (Å²) in [7, 11) is 0. The zero-order valence-electron chi connectivity index (χ0n) is 16.8. The quantitative estimate of drug-likeness (QED) is 0.731. The molecule has 1 aliphatic carbocycles. The van der Waals surface area contributed by atoms with Crippen LogP contribution in [0.3, 0.4) is 0 Å². The van der Waals surface area contributed by atoms with Gasteiger partial charge in [-0.15, -0.1) is 0 Å². The van der Waals surface area contributed by atoms with E-state index in [4.69, 9.17) is 0 Å².